The summed E-state index contributed by atoms with van der Waals surface area (Å²) in [6, 6.07) is 4.83. The average molecular weight is 282 g/mol. The smallest absolute Gasteiger partial charge is 0.123 e. The molecule has 112 valence electrons. The minimum absolute atomic E-state index is 0.233. The van der Waals surface area contributed by atoms with Crippen molar-refractivity contribution < 1.29 is 14.2 Å². The molecule has 1 aliphatic heterocycles. The molecule has 0 saturated carbocycles. The van der Waals surface area contributed by atoms with Crippen molar-refractivity contribution in [2.75, 3.05) is 38.3 Å². The zero-order valence-corrected chi connectivity index (χ0v) is 12.2. The average Bonchev–Trinajstić information content (AvgIpc) is 2.75. The zero-order valence-electron chi connectivity index (χ0n) is 12.2. The third-order valence-electron chi connectivity index (χ3n) is 3.63. The van der Waals surface area contributed by atoms with Crippen LogP contribution in [-0.4, -0.2) is 44.1 Å². The van der Waals surface area contributed by atoms with Gasteiger partial charge in [-0.25, -0.2) is 4.39 Å². The van der Waals surface area contributed by atoms with E-state index in [1.165, 1.54) is 6.07 Å². The fourth-order valence-corrected chi connectivity index (χ4v) is 2.55. The number of aliphatic hydroxyl groups is 1. The second kappa shape index (κ2) is 6.52. The molecule has 0 bridgehead atoms. The number of anilines is 1. The first-order chi connectivity index (χ1) is 9.52. The number of methoxy groups -OCH3 is 1. The van der Waals surface area contributed by atoms with Gasteiger partial charge in [0.05, 0.1) is 12.2 Å². The van der Waals surface area contributed by atoms with Crippen LogP contribution in [0.3, 0.4) is 0 Å². The van der Waals surface area contributed by atoms with Gasteiger partial charge in [-0.05, 0) is 37.1 Å². The lowest BCUT2D eigenvalue weighted by atomic mass is 10.1. The molecule has 0 radical (unpaired) electrons. The Labute approximate surface area is 119 Å². The summed E-state index contributed by atoms with van der Waals surface area (Å²) in [6.07, 6.45) is 0.737. The van der Waals surface area contributed by atoms with E-state index in [2.05, 4.69) is 10.2 Å². The normalized spacial score (nSPS) is 22.5. The lowest BCUT2D eigenvalue weighted by molar-refractivity contribution is 0.0839. The summed E-state index contributed by atoms with van der Waals surface area (Å²) in [5.74, 6) is -0.233. The Morgan fingerprint density at radius 3 is 2.95 bits per heavy atom. The second-order valence-electron chi connectivity index (χ2n) is 5.61. The summed E-state index contributed by atoms with van der Waals surface area (Å²) < 4.78 is 18.4. The van der Waals surface area contributed by atoms with Crippen LogP contribution < -0.4 is 10.2 Å². The summed E-state index contributed by atoms with van der Waals surface area (Å²) in [4.78, 5) is 2.12. The topological polar surface area (TPSA) is 44.7 Å². The molecule has 1 unspecified atom stereocenters. The first-order valence-corrected chi connectivity index (χ1v) is 6.97. The van der Waals surface area contributed by atoms with Gasteiger partial charge in [0.2, 0.25) is 0 Å². The van der Waals surface area contributed by atoms with E-state index in [0.717, 1.165) is 30.8 Å². The van der Waals surface area contributed by atoms with E-state index in [1.807, 2.05) is 6.92 Å². The van der Waals surface area contributed by atoms with E-state index in [0.29, 0.717) is 19.7 Å². The van der Waals surface area contributed by atoms with Gasteiger partial charge in [0.15, 0.2) is 0 Å². The Morgan fingerprint density at radius 1 is 1.50 bits per heavy atom. The molecule has 4 nitrogen and oxygen atoms in total. The Hall–Kier alpha value is -1.17. The summed E-state index contributed by atoms with van der Waals surface area (Å²) in [6.45, 7) is 5.17. The molecule has 1 atom stereocenters. The maximum absolute atomic E-state index is 13.4. The van der Waals surface area contributed by atoms with Crippen LogP contribution in [0.2, 0.25) is 0 Å². The third kappa shape index (κ3) is 3.91. The van der Waals surface area contributed by atoms with Gasteiger partial charge < -0.3 is 20.1 Å². The van der Waals surface area contributed by atoms with Crippen LogP contribution in [0.4, 0.5) is 10.1 Å². The fourth-order valence-electron chi connectivity index (χ4n) is 2.55. The van der Waals surface area contributed by atoms with E-state index >= 15 is 0 Å². The lowest BCUT2D eigenvalue weighted by Crippen LogP contribution is -2.30. The molecule has 2 N–H and O–H groups in total. The molecule has 1 saturated heterocycles. The molecule has 0 aromatic heterocycles. The first-order valence-electron chi connectivity index (χ1n) is 6.97. The number of rotatable bonds is 6. The van der Waals surface area contributed by atoms with Crippen molar-refractivity contribution in [2.45, 2.75) is 25.5 Å². The highest BCUT2D eigenvalue weighted by atomic mass is 19.1. The molecular formula is C15H23FN2O2. The van der Waals surface area contributed by atoms with Crippen molar-refractivity contribution >= 4 is 5.69 Å². The van der Waals surface area contributed by atoms with E-state index in [4.69, 9.17) is 4.74 Å². The summed E-state index contributed by atoms with van der Waals surface area (Å²) in [5, 5.41) is 13.3. The molecule has 1 heterocycles. The number of hydrogen-bond acceptors (Lipinski definition) is 4. The highest BCUT2D eigenvalue weighted by molar-refractivity contribution is 5.55. The zero-order chi connectivity index (χ0) is 14.6. The molecule has 1 aromatic carbocycles. The fraction of sp³-hybridized carbons (Fsp3) is 0.600. The third-order valence-corrected chi connectivity index (χ3v) is 3.63. The Balaban J connectivity index is 2.08. The second-order valence-corrected chi connectivity index (χ2v) is 5.61. The summed E-state index contributed by atoms with van der Waals surface area (Å²) >= 11 is 0. The standard InChI is InChI=1S/C15H23FN2O2/c1-15(19)5-7-18(11-15)14-4-3-13(16)9-12(14)10-17-6-8-20-2/h3-4,9,17,19H,5-8,10-11H2,1-2H3. The van der Waals surface area contributed by atoms with Crippen LogP contribution in [0, 0.1) is 5.82 Å². The van der Waals surface area contributed by atoms with Gasteiger partial charge >= 0.3 is 0 Å². The van der Waals surface area contributed by atoms with Crippen LogP contribution >= 0.6 is 0 Å². The number of β-amino-alcohol motifs (C(OH)–C–C–N with tert-alkyl or cyclic N) is 1. The quantitative estimate of drug-likeness (QED) is 0.777. The number of hydrogen-bond donors (Lipinski definition) is 2. The molecule has 0 amide bonds. The Bertz CT molecular complexity index is 451. The van der Waals surface area contributed by atoms with E-state index in [9.17, 15) is 9.50 Å². The molecule has 2 rings (SSSR count). The van der Waals surface area contributed by atoms with Gasteiger partial charge in [0, 0.05) is 39.0 Å². The number of ether oxygens (including phenoxy) is 1. The Morgan fingerprint density at radius 2 is 2.30 bits per heavy atom. The lowest BCUT2D eigenvalue weighted by Gasteiger charge is -2.24. The van der Waals surface area contributed by atoms with Crippen molar-refractivity contribution in [1.82, 2.24) is 5.32 Å². The van der Waals surface area contributed by atoms with Crippen LogP contribution in [0.15, 0.2) is 18.2 Å². The maximum Gasteiger partial charge on any atom is 0.123 e. The molecule has 1 aliphatic rings. The predicted octanol–water partition coefficient (Wildman–Crippen LogP) is 1.52. The van der Waals surface area contributed by atoms with Gasteiger partial charge in [0.1, 0.15) is 5.82 Å². The van der Waals surface area contributed by atoms with Crippen LogP contribution in [0.25, 0.3) is 0 Å². The molecule has 5 heteroatoms. The van der Waals surface area contributed by atoms with Crippen LogP contribution in [0.5, 0.6) is 0 Å². The van der Waals surface area contributed by atoms with Gasteiger partial charge in [-0.15, -0.1) is 0 Å². The summed E-state index contributed by atoms with van der Waals surface area (Å²) in [7, 11) is 1.65. The monoisotopic (exact) mass is 282 g/mol. The van der Waals surface area contributed by atoms with E-state index in [1.54, 1.807) is 19.2 Å². The van der Waals surface area contributed by atoms with Crippen LogP contribution in [-0.2, 0) is 11.3 Å². The molecule has 1 fully saturated rings. The number of benzene rings is 1. The number of nitrogens with one attached hydrogen (secondary N) is 1. The molecule has 20 heavy (non-hydrogen) atoms. The van der Waals surface area contributed by atoms with Gasteiger partial charge in [-0.1, -0.05) is 0 Å². The van der Waals surface area contributed by atoms with Gasteiger partial charge in [0.25, 0.3) is 0 Å². The minimum atomic E-state index is -0.658. The van der Waals surface area contributed by atoms with Crippen LogP contribution in [0.1, 0.15) is 18.9 Å². The highest BCUT2D eigenvalue weighted by Gasteiger charge is 2.32. The van der Waals surface area contributed by atoms with Crippen molar-refractivity contribution in [3.63, 3.8) is 0 Å². The van der Waals surface area contributed by atoms with Crippen molar-refractivity contribution in [3.8, 4) is 0 Å². The number of nitrogens with zero attached hydrogens (tertiary/aromatic N) is 1. The van der Waals surface area contributed by atoms with Gasteiger partial charge in [-0.3, -0.25) is 0 Å². The predicted molar refractivity (Wildman–Crippen MR) is 77.4 cm³/mol. The van der Waals surface area contributed by atoms with E-state index in [-0.39, 0.29) is 5.82 Å². The molecule has 0 spiro atoms. The minimum Gasteiger partial charge on any atom is -0.388 e. The summed E-state index contributed by atoms with van der Waals surface area (Å²) in [5.41, 5.74) is 1.25. The van der Waals surface area contributed by atoms with E-state index < -0.39 is 5.60 Å². The molecule has 1 aromatic rings. The Kier molecular flexibility index (Phi) is 4.96. The van der Waals surface area contributed by atoms with Crippen molar-refractivity contribution in [2.24, 2.45) is 0 Å². The number of halogens is 1. The SMILES string of the molecule is COCCNCc1cc(F)ccc1N1CCC(C)(O)C1. The van der Waals surface area contributed by atoms with Gasteiger partial charge in [-0.2, -0.15) is 0 Å². The highest BCUT2D eigenvalue weighted by Crippen LogP contribution is 2.29. The van der Waals surface area contributed by atoms with Crippen molar-refractivity contribution in [3.05, 3.63) is 29.6 Å². The maximum atomic E-state index is 13.4. The largest absolute Gasteiger partial charge is 0.388 e. The molecule has 0 aliphatic carbocycles. The first kappa shape index (κ1) is 15.2. The molecular weight excluding hydrogens is 259 g/mol. The van der Waals surface area contributed by atoms with Crippen molar-refractivity contribution in [1.29, 1.82) is 0 Å².